The summed E-state index contributed by atoms with van der Waals surface area (Å²) in [4.78, 5) is 12.0. The van der Waals surface area contributed by atoms with Gasteiger partial charge in [-0.2, -0.15) is 0 Å². The van der Waals surface area contributed by atoms with Crippen LogP contribution in [-0.2, 0) is 0 Å². The Morgan fingerprint density at radius 3 is 1.50 bits per heavy atom. The van der Waals surface area contributed by atoms with E-state index in [1.807, 2.05) is 30.3 Å². The summed E-state index contributed by atoms with van der Waals surface area (Å²) in [7, 11) is 0. The number of hydrogen-bond donors (Lipinski definition) is 2. The summed E-state index contributed by atoms with van der Waals surface area (Å²) in [6.07, 6.45) is 21.8. The SMILES string of the molecule is NC(=S)NCCCCCCCCCCCCCCCCCCC(=O)c1ccccc1. The number of ketones is 1. The number of carbonyl (C=O) groups excluding carboxylic acids is 1. The molecule has 30 heavy (non-hydrogen) atoms. The topological polar surface area (TPSA) is 55.1 Å². The molecule has 1 aromatic carbocycles. The molecule has 1 rings (SSSR count). The third-order valence-electron chi connectivity index (χ3n) is 5.73. The molecular weight excluding hydrogens is 388 g/mol. The van der Waals surface area contributed by atoms with Crippen LogP contribution in [0.15, 0.2) is 30.3 Å². The highest BCUT2D eigenvalue weighted by Crippen LogP contribution is 2.14. The minimum absolute atomic E-state index is 0.292. The molecule has 0 atom stereocenters. The van der Waals surface area contributed by atoms with Crippen molar-refractivity contribution in [1.82, 2.24) is 5.32 Å². The number of unbranched alkanes of at least 4 members (excludes halogenated alkanes) is 15. The first-order valence-corrected chi connectivity index (χ1v) is 12.7. The summed E-state index contributed by atoms with van der Waals surface area (Å²) >= 11 is 4.79. The molecule has 0 saturated carbocycles. The van der Waals surface area contributed by atoms with Crippen LogP contribution in [0.4, 0.5) is 0 Å². The minimum Gasteiger partial charge on any atom is -0.376 e. The zero-order valence-corrected chi connectivity index (χ0v) is 19.8. The highest BCUT2D eigenvalue weighted by molar-refractivity contribution is 7.80. The second kappa shape index (κ2) is 19.5. The van der Waals surface area contributed by atoms with Gasteiger partial charge in [0.25, 0.3) is 0 Å². The number of nitrogens with two attached hydrogens (primary N) is 1. The molecule has 0 aliphatic rings. The lowest BCUT2D eigenvalue weighted by Gasteiger charge is -2.05. The van der Waals surface area contributed by atoms with Crippen molar-refractivity contribution in [1.29, 1.82) is 0 Å². The third kappa shape index (κ3) is 16.4. The first kappa shape index (κ1) is 26.6. The first-order chi connectivity index (χ1) is 14.7. The number of benzene rings is 1. The first-order valence-electron chi connectivity index (χ1n) is 12.3. The second-order valence-electron chi connectivity index (χ2n) is 8.49. The molecule has 0 saturated heterocycles. The maximum Gasteiger partial charge on any atom is 0.163 e. The number of nitrogens with one attached hydrogen (secondary N) is 1. The summed E-state index contributed by atoms with van der Waals surface area (Å²) in [6.45, 7) is 0.920. The molecule has 0 unspecified atom stereocenters. The van der Waals surface area contributed by atoms with Gasteiger partial charge in [-0.05, 0) is 25.1 Å². The highest BCUT2D eigenvalue weighted by atomic mass is 32.1. The Morgan fingerprint density at radius 1 is 0.667 bits per heavy atom. The fraction of sp³-hybridized carbons (Fsp3) is 0.692. The lowest BCUT2D eigenvalue weighted by atomic mass is 10.0. The summed E-state index contributed by atoms with van der Waals surface area (Å²) < 4.78 is 0. The van der Waals surface area contributed by atoms with E-state index in [2.05, 4.69) is 5.32 Å². The molecule has 0 spiro atoms. The van der Waals surface area contributed by atoms with E-state index >= 15 is 0 Å². The summed E-state index contributed by atoms with van der Waals surface area (Å²) in [5.41, 5.74) is 6.26. The van der Waals surface area contributed by atoms with Crippen LogP contribution in [0, 0.1) is 0 Å². The minimum atomic E-state index is 0.292. The maximum absolute atomic E-state index is 12.0. The molecule has 0 aromatic heterocycles. The Labute approximate surface area is 190 Å². The molecule has 0 fully saturated rings. The van der Waals surface area contributed by atoms with Crippen LogP contribution in [0.1, 0.15) is 120 Å². The maximum atomic E-state index is 12.0. The largest absolute Gasteiger partial charge is 0.376 e. The van der Waals surface area contributed by atoms with Gasteiger partial charge in [0, 0.05) is 18.5 Å². The fourth-order valence-electron chi connectivity index (χ4n) is 3.87. The van der Waals surface area contributed by atoms with Crippen LogP contribution in [-0.4, -0.2) is 17.4 Å². The number of carbonyl (C=O) groups is 1. The van der Waals surface area contributed by atoms with Crippen LogP contribution in [0.2, 0.25) is 0 Å². The van der Waals surface area contributed by atoms with E-state index in [1.165, 1.54) is 96.3 Å². The summed E-state index contributed by atoms with van der Waals surface area (Å²) in [5.74, 6) is 0.292. The predicted octanol–water partition coefficient (Wildman–Crippen LogP) is 7.33. The molecular formula is C26H44N2OS. The molecule has 0 aliphatic heterocycles. The Kier molecular flexibility index (Phi) is 17.3. The van der Waals surface area contributed by atoms with Crippen molar-refractivity contribution in [3.8, 4) is 0 Å². The van der Waals surface area contributed by atoms with Gasteiger partial charge in [-0.25, -0.2) is 0 Å². The lowest BCUT2D eigenvalue weighted by molar-refractivity contribution is 0.0979. The summed E-state index contributed by atoms with van der Waals surface area (Å²) in [6, 6.07) is 9.68. The van der Waals surface area contributed by atoms with Gasteiger partial charge in [-0.3, -0.25) is 4.79 Å². The van der Waals surface area contributed by atoms with Gasteiger partial charge >= 0.3 is 0 Å². The fourth-order valence-corrected chi connectivity index (χ4v) is 3.97. The van der Waals surface area contributed by atoms with Crippen molar-refractivity contribution in [2.75, 3.05) is 6.54 Å². The molecule has 4 heteroatoms. The second-order valence-corrected chi connectivity index (χ2v) is 8.93. The monoisotopic (exact) mass is 432 g/mol. The predicted molar refractivity (Wildman–Crippen MR) is 134 cm³/mol. The van der Waals surface area contributed by atoms with Crippen LogP contribution >= 0.6 is 12.2 Å². The van der Waals surface area contributed by atoms with Crippen molar-refractivity contribution >= 4 is 23.1 Å². The van der Waals surface area contributed by atoms with Gasteiger partial charge in [-0.1, -0.05) is 120 Å². The van der Waals surface area contributed by atoms with E-state index in [-0.39, 0.29) is 0 Å². The standard InChI is InChI=1S/C26H44N2OS/c27-26(30)28-23-19-14-12-10-8-6-4-2-1-3-5-7-9-11-13-18-22-25(29)24-20-16-15-17-21-24/h15-17,20-21H,1-14,18-19,22-23H2,(H3,27,28,30). The average molecular weight is 433 g/mol. The van der Waals surface area contributed by atoms with Gasteiger partial charge in [0.2, 0.25) is 0 Å². The lowest BCUT2D eigenvalue weighted by Crippen LogP contribution is -2.29. The number of Topliss-reactive ketones (excluding diaryl/α,β-unsaturated/α-hetero) is 1. The quantitative estimate of drug-likeness (QED) is 0.129. The Hall–Kier alpha value is -1.42. The molecule has 0 amide bonds. The van der Waals surface area contributed by atoms with Gasteiger partial charge < -0.3 is 11.1 Å². The molecule has 3 nitrogen and oxygen atoms in total. The van der Waals surface area contributed by atoms with E-state index < -0.39 is 0 Å². The zero-order chi connectivity index (χ0) is 21.7. The molecule has 170 valence electrons. The Morgan fingerprint density at radius 2 is 1.07 bits per heavy atom. The molecule has 0 radical (unpaired) electrons. The summed E-state index contributed by atoms with van der Waals surface area (Å²) in [5, 5.41) is 3.42. The molecule has 0 heterocycles. The van der Waals surface area contributed by atoms with E-state index in [0.717, 1.165) is 18.5 Å². The van der Waals surface area contributed by atoms with E-state index in [0.29, 0.717) is 17.3 Å². The van der Waals surface area contributed by atoms with Crippen LogP contribution < -0.4 is 11.1 Å². The number of thiocarbonyl (C=S) groups is 1. The molecule has 0 aliphatic carbocycles. The van der Waals surface area contributed by atoms with Crippen molar-refractivity contribution < 1.29 is 4.79 Å². The molecule has 1 aromatic rings. The van der Waals surface area contributed by atoms with Gasteiger partial charge in [0.1, 0.15) is 0 Å². The number of hydrogen-bond acceptors (Lipinski definition) is 2. The van der Waals surface area contributed by atoms with Crippen LogP contribution in [0.25, 0.3) is 0 Å². The average Bonchev–Trinajstić information content (AvgIpc) is 2.75. The Balaban J connectivity index is 1.73. The van der Waals surface area contributed by atoms with Crippen molar-refractivity contribution in [3.63, 3.8) is 0 Å². The van der Waals surface area contributed by atoms with Gasteiger partial charge in [-0.15, -0.1) is 0 Å². The van der Waals surface area contributed by atoms with Crippen molar-refractivity contribution in [2.45, 2.75) is 109 Å². The normalized spacial score (nSPS) is 10.8. The van der Waals surface area contributed by atoms with Gasteiger partial charge in [0.05, 0.1) is 0 Å². The van der Waals surface area contributed by atoms with Crippen molar-refractivity contribution in [3.05, 3.63) is 35.9 Å². The van der Waals surface area contributed by atoms with E-state index in [9.17, 15) is 4.79 Å². The third-order valence-corrected chi connectivity index (χ3v) is 5.87. The molecule has 0 bridgehead atoms. The molecule has 3 N–H and O–H groups in total. The zero-order valence-electron chi connectivity index (χ0n) is 19.0. The smallest absolute Gasteiger partial charge is 0.163 e. The van der Waals surface area contributed by atoms with Crippen LogP contribution in [0.3, 0.4) is 0 Å². The van der Waals surface area contributed by atoms with Crippen molar-refractivity contribution in [2.24, 2.45) is 5.73 Å². The Bertz CT molecular complexity index is 547. The van der Waals surface area contributed by atoms with Crippen LogP contribution in [0.5, 0.6) is 0 Å². The van der Waals surface area contributed by atoms with E-state index in [4.69, 9.17) is 18.0 Å². The van der Waals surface area contributed by atoms with E-state index in [1.54, 1.807) is 0 Å². The van der Waals surface area contributed by atoms with Gasteiger partial charge in [0.15, 0.2) is 10.9 Å². The highest BCUT2D eigenvalue weighted by Gasteiger charge is 2.04. The number of rotatable bonds is 20.